The van der Waals surface area contributed by atoms with Gasteiger partial charge in [-0.2, -0.15) is 0 Å². The van der Waals surface area contributed by atoms with Gasteiger partial charge in [0, 0.05) is 32.3 Å². The lowest BCUT2D eigenvalue weighted by Crippen LogP contribution is -2.57. The van der Waals surface area contributed by atoms with Crippen LogP contribution in [0.1, 0.15) is 6.92 Å². The molecule has 1 rings (SSSR count). The number of ether oxygens (including phenoxy) is 1. The average molecular weight is 223 g/mol. The number of methoxy groups -OCH3 is 1. The molecule has 1 aliphatic rings. The fourth-order valence-electron chi connectivity index (χ4n) is 1.71. The molecule has 5 heteroatoms. The predicted molar refractivity (Wildman–Crippen MR) is 58.0 cm³/mol. The van der Waals surface area contributed by atoms with Crippen LogP contribution in [0.15, 0.2) is 0 Å². The van der Waals surface area contributed by atoms with Crippen molar-refractivity contribution < 1.29 is 9.53 Å². The third-order valence-corrected chi connectivity index (χ3v) is 2.39. The van der Waals surface area contributed by atoms with Crippen LogP contribution in [0.2, 0.25) is 0 Å². The van der Waals surface area contributed by atoms with E-state index in [1.165, 1.54) is 0 Å². The fraction of sp³-hybridized carbons (Fsp3) is 0.889. The van der Waals surface area contributed by atoms with Gasteiger partial charge in [0.25, 0.3) is 0 Å². The maximum atomic E-state index is 10.4. The van der Waals surface area contributed by atoms with Crippen LogP contribution in [0.3, 0.4) is 0 Å². The summed E-state index contributed by atoms with van der Waals surface area (Å²) in [6, 6.07) is 0.805. The van der Waals surface area contributed by atoms with E-state index in [0.717, 1.165) is 19.4 Å². The van der Waals surface area contributed by atoms with E-state index >= 15 is 0 Å². The van der Waals surface area contributed by atoms with E-state index in [1.54, 1.807) is 7.11 Å². The zero-order valence-corrected chi connectivity index (χ0v) is 9.55. The standard InChI is InChI=1S/C9H18N2O2.ClH/c1-8-6-11(3-4-12)9(5-10-8)7-13-2;/h4,8-10H,3,5-7H2,1-2H3;1H/t8-,9-;/m1./s1. The number of hydrogen-bond donors (Lipinski definition) is 1. The summed E-state index contributed by atoms with van der Waals surface area (Å²) >= 11 is 0. The van der Waals surface area contributed by atoms with Gasteiger partial charge in [0.15, 0.2) is 0 Å². The van der Waals surface area contributed by atoms with Gasteiger partial charge in [0.05, 0.1) is 13.2 Å². The molecule has 0 aliphatic carbocycles. The van der Waals surface area contributed by atoms with Crippen molar-refractivity contribution in [1.82, 2.24) is 10.2 Å². The minimum atomic E-state index is 0. The zero-order chi connectivity index (χ0) is 9.68. The smallest absolute Gasteiger partial charge is 0.133 e. The maximum absolute atomic E-state index is 10.4. The molecule has 0 saturated carbocycles. The van der Waals surface area contributed by atoms with E-state index < -0.39 is 0 Å². The Hall–Kier alpha value is -0.160. The summed E-state index contributed by atoms with van der Waals surface area (Å²) in [6.45, 7) is 5.16. The van der Waals surface area contributed by atoms with Gasteiger partial charge in [-0.25, -0.2) is 0 Å². The molecule has 1 aliphatic heterocycles. The van der Waals surface area contributed by atoms with E-state index in [0.29, 0.717) is 25.2 Å². The normalized spacial score (nSPS) is 28.1. The lowest BCUT2D eigenvalue weighted by molar-refractivity contribution is -0.110. The second-order valence-electron chi connectivity index (χ2n) is 3.54. The Morgan fingerprint density at radius 1 is 1.64 bits per heavy atom. The summed E-state index contributed by atoms with van der Waals surface area (Å²) in [7, 11) is 1.69. The van der Waals surface area contributed by atoms with Crippen LogP contribution in [-0.2, 0) is 9.53 Å². The Labute approximate surface area is 91.4 Å². The lowest BCUT2D eigenvalue weighted by atomic mass is 10.1. The largest absolute Gasteiger partial charge is 0.383 e. The molecule has 0 aromatic rings. The van der Waals surface area contributed by atoms with Gasteiger partial charge in [-0.3, -0.25) is 4.90 Å². The molecule has 0 bridgehead atoms. The average Bonchev–Trinajstić information content (AvgIpc) is 2.10. The lowest BCUT2D eigenvalue weighted by Gasteiger charge is -2.37. The van der Waals surface area contributed by atoms with Crippen LogP contribution in [0.5, 0.6) is 0 Å². The van der Waals surface area contributed by atoms with E-state index in [1.807, 2.05) is 0 Å². The first-order chi connectivity index (χ1) is 6.27. The molecule has 0 unspecified atom stereocenters. The van der Waals surface area contributed by atoms with E-state index in [4.69, 9.17) is 4.74 Å². The monoisotopic (exact) mass is 222 g/mol. The van der Waals surface area contributed by atoms with Crippen LogP contribution < -0.4 is 5.32 Å². The highest BCUT2D eigenvalue weighted by atomic mass is 35.5. The highest BCUT2D eigenvalue weighted by molar-refractivity contribution is 5.85. The van der Waals surface area contributed by atoms with Crippen LogP contribution in [0.4, 0.5) is 0 Å². The minimum Gasteiger partial charge on any atom is -0.383 e. The number of halogens is 1. The Morgan fingerprint density at radius 3 is 2.93 bits per heavy atom. The molecule has 0 aromatic heterocycles. The van der Waals surface area contributed by atoms with Gasteiger partial charge < -0.3 is 14.8 Å². The Kier molecular flexibility index (Phi) is 7.09. The number of hydrogen-bond acceptors (Lipinski definition) is 4. The summed E-state index contributed by atoms with van der Waals surface area (Å²) in [5.41, 5.74) is 0. The molecule has 0 radical (unpaired) electrons. The van der Waals surface area contributed by atoms with Crippen molar-refractivity contribution in [2.24, 2.45) is 0 Å². The Morgan fingerprint density at radius 2 is 2.36 bits per heavy atom. The minimum absolute atomic E-state index is 0. The molecule has 4 nitrogen and oxygen atoms in total. The second-order valence-corrected chi connectivity index (χ2v) is 3.54. The molecule has 0 spiro atoms. The first-order valence-corrected chi connectivity index (χ1v) is 4.68. The van der Waals surface area contributed by atoms with Crippen LogP contribution in [0.25, 0.3) is 0 Å². The first-order valence-electron chi connectivity index (χ1n) is 4.68. The van der Waals surface area contributed by atoms with Crippen LogP contribution in [-0.4, -0.2) is 56.6 Å². The van der Waals surface area contributed by atoms with Crippen molar-refractivity contribution in [3.63, 3.8) is 0 Å². The van der Waals surface area contributed by atoms with Crippen molar-refractivity contribution in [3.05, 3.63) is 0 Å². The first kappa shape index (κ1) is 13.8. The van der Waals surface area contributed by atoms with Crippen LogP contribution >= 0.6 is 12.4 Å². The summed E-state index contributed by atoms with van der Waals surface area (Å²) in [4.78, 5) is 12.6. The second kappa shape index (κ2) is 7.17. The number of nitrogens with zero attached hydrogens (tertiary/aromatic N) is 1. The maximum Gasteiger partial charge on any atom is 0.133 e. The summed E-state index contributed by atoms with van der Waals surface area (Å²) in [6.07, 6.45) is 0.959. The molecule has 1 heterocycles. The quantitative estimate of drug-likeness (QED) is 0.676. The zero-order valence-electron chi connectivity index (χ0n) is 8.73. The van der Waals surface area contributed by atoms with Gasteiger partial charge in [0.1, 0.15) is 6.29 Å². The number of piperazine rings is 1. The number of carbonyl (C=O) groups is 1. The van der Waals surface area contributed by atoms with Gasteiger partial charge in [0.2, 0.25) is 0 Å². The molecule has 1 N–H and O–H groups in total. The number of aldehydes is 1. The summed E-state index contributed by atoms with van der Waals surface area (Å²) in [5.74, 6) is 0. The molecular weight excluding hydrogens is 204 g/mol. The summed E-state index contributed by atoms with van der Waals surface area (Å²) < 4.78 is 5.10. The van der Waals surface area contributed by atoms with Gasteiger partial charge in [-0.15, -0.1) is 12.4 Å². The highest BCUT2D eigenvalue weighted by Crippen LogP contribution is 2.05. The van der Waals surface area contributed by atoms with Gasteiger partial charge in [-0.05, 0) is 6.92 Å². The molecule has 84 valence electrons. The molecule has 1 saturated heterocycles. The SMILES string of the molecule is COC[C@H]1CN[C@H](C)CN1CC=O.Cl. The van der Waals surface area contributed by atoms with E-state index in [-0.39, 0.29) is 12.4 Å². The molecule has 0 amide bonds. The number of carbonyl (C=O) groups excluding carboxylic acids is 1. The van der Waals surface area contributed by atoms with E-state index in [9.17, 15) is 4.79 Å². The Balaban J connectivity index is 0.00000169. The fourth-order valence-corrected chi connectivity index (χ4v) is 1.71. The van der Waals surface area contributed by atoms with E-state index in [2.05, 4.69) is 17.1 Å². The van der Waals surface area contributed by atoms with Gasteiger partial charge in [-0.1, -0.05) is 0 Å². The molecular formula is C9H19ClN2O2. The molecule has 0 aromatic carbocycles. The third kappa shape index (κ3) is 3.92. The van der Waals surface area contributed by atoms with Crippen molar-refractivity contribution in [2.75, 3.05) is 33.4 Å². The molecule has 1 fully saturated rings. The highest BCUT2D eigenvalue weighted by Gasteiger charge is 2.24. The Bertz CT molecular complexity index is 169. The topological polar surface area (TPSA) is 41.6 Å². The van der Waals surface area contributed by atoms with Crippen molar-refractivity contribution in [1.29, 1.82) is 0 Å². The van der Waals surface area contributed by atoms with Gasteiger partial charge >= 0.3 is 0 Å². The predicted octanol–water partition coefficient (Wildman–Crippen LogP) is -0.0842. The summed E-state index contributed by atoms with van der Waals surface area (Å²) in [5, 5.41) is 3.37. The van der Waals surface area contributed by atoms with Crippen LogP contribution in [0, 0.1) is 0 Å². The molecule has 2 atom stereocenters. The van der Waals surface area contributed by atoms with Crippen molar-refractivity contribution in [3.8, 4) is 0 Å². The third-order valence-electron chi connectivity index (χ3n) is 2.39. The molecule has 14 heavy (non-hydrogen) atoms. The number of nitrogens with one attached hydrogen (secondary N) is 1. The van der Waals surface area contributed by atoms with Crippen molar-refractivity contribution >= 4 is 18.7 Å². The van der Waals surface area contributed by atoms with Crippen molar-refractivity contribution in [2.45, 2.75) is 19.0 Å². The number of rotatable bonds is 4.